The van der Waals surface area contributed by atoms with Gasteiger partial charge in [0.15, 0.2) is 0 Å². The van der Waals surface area contributed by atoms with Crippen molar-refractivity contribution in [2.75, 3.05) is 13.2 Å². The summed E-state index contributed by atoms with van der Waals surface area (Å²) in [5, 5.41) is 3.92. The van der Waals surface area contributed by atoms with Gasteiger partial charge in [0, 0.05) is 18.5 Å². The van der Waals surface area contributed by atoms with Gasteiger partial charge in [0.1, 0.15) is 5.75 Å². The van der Waals surface area contributed by atoms with E-state index in [2.05, 4.69) is 18.2 Å². The van der Waals surface area contributed by atoms with Crippen LogP contribution < -0.4 is 10.1 Å². The first-order valence-corrected chi connectivity index (χ1v) is 6.21. The summed E-state index contributed by atoms with van der Waals surface area (Å²) in [6.45, 7) is 4.36. The van der Waals surface area contributed by atoms with Crippen LogP contribution in [0.5, 0.6) is 5.75 Å². The summed E-state index contributed by atoms with van der Waals surface area (Å²) < 4.78 is 5.70. The van der Waals surface area contributed by atoms with Gasteiger partial charge >= 0.3 is 0 Å². The lowest BCUT2D eigenvalue weighted by Gasteiger charge is -2.13. The smallest absolute Gasteiger partial charge is 0.142 e. The average molecular weight is 252 g/mol. The van der Waals surface area contributed by atoms with E-state index in [1.807, 2.05) is 18.2 Å². The Morgan fingerprint density at radius 2 is 2.29 bits per heavy atom. The number of halogens is 1. The van der Waals surface area contributed by atoms with Gasteiger partial charge < -0.3 is 10.1 Å². The monoisotopic (exact) mass is 251 g/mol. The molecule has 1 aromatic rings. The summed E-state index contributed by atoms with van der Waals surface area (Å²) in [4.78, 5) is 0. The lowest BCUT2D eigenvalue weighted by atomic mass is 10.2. The highest BCUT2D eigenvalue weighted by molar-refractivity contribution is 6.32. The zero-order valence-corrected chi connectivity index (χ0v) is 10.9. The van der Waals surface area contributed by atoms with Crippen molar-refractivity contribution in [3.63, 3.8) is 0 Å². The molecular formula is C14H18ClNO. The van der Waals surface area contributed by atoms with E-state index in [9.17, 15) is 0 Å². The largest absolute Gasteiger partial charge is 0.492 e. The van der Waals surface area contributed by atoms with Crippen molar-refractivity contribution in [3.8, 4) is 18.1 Å². The number of hydrogen-bond acceptors (Lipinski definition) is 2. The molecule has 3 heteroatoms. The quantitative estimate of drug-likeness (QED) is 0.593. The molecule has 17 heavy (non-hydrogen) atoms. The van der Waals surface area contributed by atoms with Crippen LogP contribution in [0.25, 0.3) is 0 Å². The van der Waals surface area contributed by atoms with Crippen LogP contribution in [0.4, 0.5) is 0 Å². The van der Waals surface area contributed by atoms with Crippen molar-refractivity contribution in [2.24, 2.45) is 0 Å². The molecule has 0 aliphatic heterocycles. The van der Waals surface area contributed by atoms with Crippen molar-refractivity contribution in [2.45, 2.75) is 26.3 Å². The molecule has 1 rings (SSSR count). The van der Waals surface area contributed by atoms with Crippen molar-refractivity contribution in [1.82, 2.24) is 5.32 Å². The second-order valence-corrected chi connectivity index (χ2v) is 4.07. The summed E-state index contributed by atoms with van der Waals surface area (Å²) in [7, 11) is 0. The highest BCUT2D eigenvalue weighted by atomic mass is 35.5. The minimum absolute atomic E-state index is 0.604. The van der Waals surface area contributed by atoms with Crippen molar-refractivity contribution in [1.29, 1.82) is 0 Å². The zero-order valence-electron chi connectivity index (χ0n) is 10.1. The third-order valence-corrected chi connectivity index (χ3v) is 2.62. The van der Waals surface area contributed by atoms with E-state index >= 15 is 0 Å². The maximum Gasteiger partial charge on any atom is 0.142 e. The molecule has 0 saturated heterocycles. The Balaban J connectivity index is 2.63. The number of ether oxygens (including phenoxy) is 1. The molecule has 0 spiro atoms. The van der Waals surface area contributed by atoms with E-state index in [0.717, 1.165) is 37.2 Å². The Kier molecular flexibility index (Phi) is 6.54. The molecule has 0 radical (unpaired) electrons. The number of nitrogens with one attached hydrogen (secondary N) is 1. The van der Waals surface area contributed by atoms with Crippen molar-refractivity contribution in [3.05, 3.63) is 28.8 Å². The minimum Gasteiger partial charge on any atom is -0.492 e. The fraction of sp³-hybridized carbons (Fsp3) is 0.429. The van der Waals surface area contributed by atoms with Gasteiger partial charge in [-0.15, -0.1) is 12.3 Å². The zero-order chi connectivity index (χ0) is 12.5. The first kappa shape index (κ1) is 13.9. The van der Waals surface area contributed by atoms with Gasteiger partial charge in [-0.3, -0.25) is 0 Å². The predicted octanol–water partition coefficient (Wildman–Crippen LogP) is 3.24. The van der Waals surface area contributed by atoms with E-state index in [0.29, 0.717) is 11.6 Å². The molecule has 0 bridgehead atoms. The SMILES string of the molecule is C#CCCCOc1c(Cl)cccc1CNCC. The van der Waals surface area contributed by atoms with Crippen LogP contribution in [0.15, 0.2) is 18.2 Å². The van der Waals surface area contributed by atoms with Crippen LogP contribution >= 0.6 is 11.6 Å². The maximum atomic E-state index is 6.13. The van der Waals surface area contributed by atoms with E-state index in [4.69, 9.17) is 22.8 Å². The van der Waals surface area contributed by atoms with Gasteiger partial charge in [0.25, 0.3) is 0 Å². The Morgan fingerprint density at radius 3 is 3.00 bits per heavy atom. The van der Waals surface area contributed by atoms with E-state index in [1.54, 1.807) is 0 Å². The second-order valence-electron chi connectivity index (χ2n) is 3.66. The van der Waals surface area contributed by atoms with Crippen LogP contribution in [-0.2, 0) is 6.54 Å². The molecule has 0 saturated carbocycles. The predicted molar refractivity (Wildman–Crippen MR) is 72.4 cm³/mol. The van der Waals surface area contributed by atoms with Gasteiger partial charge in [-0.1, -0.05) is 30.7 Å². The Labute approximate surface area is 108 Å². The topological polar surface area (TPSA) is 21.3 Å². The molecule has 2 nitrogen and oxygen atoms in total. The third-order valence-electron chi connectivity index (χ3n) is 2.33. The highest BCUT2D eigenvalue weighted by Crippen LogP contribution is 2.28. The number of para-hydroxylation sites is 1. The minimum atomic E-state index is 0.604. The van der Waals surface area contributed by atoms with E-state index in [1.165, 1.54) is 0 Å². The molecule has 0 heterocycles. The molecular weight excluding hydrogens is 234 g/mol. The van der Waals surface area contributed by atoms with Crippen LogP contribution in [0.3, 0.4) is 0 Å². The number of benzene rings is 1. The average Bonchev–Trinajstić information content (AvgIpc) is 2.34. The first-order valence-electron chi connectivity index (χ1n) is 5.84. The molecule has 92 valence electrons. The Hall–Kier alpha value is -1.17. The van der Waals surface area contributed by atoms with Crippen LogP contribution in [-0.4, -0.2) is 13.2 Å². The van der Waals surface area contributed by atoms with Crippen molar-refractivity contribution >= 4 is 11.6 Å². The number of unbranched alkanes of at least 4 members (excludes halogenated alkanes) is 1. The molecule has 0 aromatic heterocycles. The summed E-state index contributed by atoms with van der Waals surface area (Å²) in [6.07, 6.45) is 6.77. The van der Waals surface area contributed by atoms with Gasteiger partial charge in [-0.05, 0) is 19.0 Å². The van der Waals surface area contributed by atoms with Gasteiger partial charge in [-0.2, -0.15) is 0 Å². The molecule has 0 aliphatic rings. The van der Waals surface area contributed by atoms with Gasteiger partial charge in [0.05, 0.1) is 11.6 Å². The number of terminal acetylenes is 1. The number of rotatable bonds is 7. The molecule has 0 unspecified atom stereocenters. The molecule has 0 fully saturated rings. The molecule has 1 aromatic carbocycles. The lowest BCUT2D eigenvalue weighted by molar-refractivity contribution is 0.309. The van der Waals surface area contributed by atoms with Gasteiger partial charge in [-0.25, -0.2) is 0 Å². The Bertz CT molecular complexity index is 384. The maximum absolute atomic E-state index is 6.13. The standard InChI is InChI=1S/C14H18ClNO/c1-3-5-6-10-17-14-12(11-16-4-2)8-7-9-13(14)15/h1,7-9,16H,4-6,10-11H2,2H3. The highest BCUT2D eigenvalue weighted by Gasteiger charge is 2.07. The van der Waals surface area contributed by atoms with Crippen LogP contribution in [0.1, 0.15) is 25.3 Å². The number of hydrogen-bond donors (Lipinski definition) is 1. The first-order chi connectivity index (χ1) is 8.29. The molecule has 1 N–H and O–H groups in total. The van der Waals surface area contributed by atoms with E-state index in [-0.39, 0.29) is 0 Å². The fourth-order valence-corrected chi connectivity index (χ4v) is 1.71. The molecule has 0 atom stereocenters. The third kappa shape index (κ3) is 4.68. The molecule has 0 aliphatic carbocycles. The summed E-state index contributed by atoms with van der Waals surface area (Å²) >= 11 is 6.13. The summed E-state index contributed by atoms with van der Waals surface area (Å²) in [5.74, 6) is 3.36. The van der Waals surface area contributed by atoms with Crippen molar-refractivity contribution < 1.29 is 4.74 Å². The van der Waals surface area contributed by atoms with Gasteiger partial charge in [0.2, 0.25) is 0 Å². The molecule has 0 amide bonds. The lowest BCUT2D eigenvalue weighted by Crippen LogP contribution is -2.13. The normalized spacial score (nSPS) is 9.94. The van der Waals surface area contributed by atoms with E-state index < -0.39 is 0 Å². The van der Waals surface area contributed by atoms with Crippen LogP contribution in [0, 0.1) is 12.3 Å². The Morgan fingerprint density at radius 1 is 1.47 bits per heavy atom. The summed E-state index contributed by atoms with van der Waals surface area (Å²) in [6, 6.07) is 5.79. The van der Waals surface area contributed by atoms with Crippen LogP contribution in [0.2, 0.25) is 5.02 Å². The fourth-order valence-electron chi connectivity index (χ4n) is 1.46. The summed E-state index contributed by atoms with van der Waals surface area (Å²) in [5.41, 5.74) is 1.08. The second kappa shape index (κ2) is 8.00.